The molecule has 2 rings (SSSR count). The Morgan fingerprint density at radius 1 is 1.00 bits per heavy atom. The Kier molecular flexibility index (Phi) is 8.61. The Balaban J connectivity index is 1.79. The fourth-order valence-corrected chi connectivity index (χ4v) is 3.99. The lowest BCUT2D eigenvalue weighted by molar-refractivity contribution is 0.0561. The van der Waals surface area contributed by atoms with Gasteiger partial charge in [-0.2, -0.15) is 0 Å². The molecule has 0 bridgehead atoms. The lowest BCUT2D eigenvalue weighted by Gasteiger charge is -2.36. The van der Waals surface area contributed by atoms with Gasteiger partial charge in [-0.05, 0) is 116 Å². The van der Waals surface area contributed by atoms with E-state index in [4.69, 9.17) is 4.74 Å². The first-order valence-electron chi connectivity index (χ1n) is 11.1. The van der Waals surface area contributed by atoms with E-state index in [-0.39, 0.29) is 5.60 Å². The molecule has 0 spiro atoms. The van der Waals surface area contributed by atoms with Crippen LogP contribution in [0.25, 0.3) is 0 Å². The lowest BCUT2D eigenvalue weighted by Crippen LogP contribution is -2.36. The Bertz CT molecular complexity index is 778. The molecule has 0 aliphatic carbocycles. The minimum absolute atomic E-state index is 0.118. The second-order valence-corrected chi connectivity index (χ2v) is 9.30. The van der Waals surface area contributed by atoms with Gasteiger partial charge in [-0.3, -0.25) is 0 Å². The van der Waals surface area contributed by atoms with Crippen LogP contribution in [0.5, 0.6) is 11.5 Å². The molecule has 0 amide bonds. The highest BCUT2D eigenvalue weighted by Crippen LogP contribution is 2.39. The summed E-state index contributed by atoms with van der Waals surface area (Å²) in [5, 5.41) is 9.80. The van der Waals surface area contributed by atoms with E-state index < -0.39 is 0 Å². The molecule has 1 aliphatic rings. The average Bonchev–Trinajstić information content (AvgIpc) is 2.62. The van der Waals surface area contributed by atoms with Crippen LogP contribution in [-0.2, 0) is 6.42 Å². The highest BCUT2D eigenvalue weighted by molar-refractivity contribution is 5.47. The molecule has 0 saturated carbocycles. The van der Waals surface area contributed by atoms with Crippen LogP contribution >= 0.6 is 0 Å². The van der Waals surface area contributed by atoms with Crippen LogP contribution in [0.2, 0.25) is 0 Å². The Morgan fingerprint density at radius 2 is 1.62 bits per heavy atom. The van der Waals surface area contributed by atoms with Gasteiger partial charge in [0, 0.05) is 0 Å². The number of phenols is 1. The number of hydrogen-bond donors (Lipinski definition) is 1. The average molecular weight is 397 g/mol. The number of aromatic hydroxyl groups is 1. The van der Waals surface area contributed by atoms with Gasteiger partial charge in [0.2, 0.25) is 0 Å². The molecule has 1 aromatic carbocycles. The van der Waals surface area contributed by atoms with Gasteiger partial charge in [-0.25, -0.2) is 0 Å². The normalized spacial score (nSPS) is 19.5. The summed E-state index contributed by atoms with van der Waals surface area (Å²) in [6, 6.07) is 3.64. The van der Waals surface area contributed by atoms with Crippen molar-refractivity contribution in [3.05, 3.63) is 58.2 Å². The fraction of sp³-hybridized carbons (Fsp3) is 0.556. The maximum atomic E-state index is 9.80. The summed E-state index contributed by atoms with van der Waals surface area (Å²) in [4.78, 5) is 0. The Morgan fingerprint density at radius 3 is 2.28 bits per heavy atom. The first-order valence-corrected chi connectivity index (χ1v) is 11.1. The monoisotopic (exact) mass is 396 g/mol. The molecule has 0 aromatic heterocycles. The molecule has 1 atom stereocenters. The molecule has 0 fully saturated rings. The number of hydrogen-bond acceptors (Lipinski definition) is 2. The predicted molar refractivity (Wildman–Crippen MR) is 125 cm³/mol. The topological polar surface area (TPSA) is 29.5 Å². The second-order valence-electron chi connectivity index (χ2n) is 9.30. The van der Waals surface area contributed by atoms with Crippen molar-refractivity contribution in [2.24, 2.45) is 0 Å². The highest BCUT2D eigenvalue weighted by Gasteiger charge is 2.31. The van der Waals surface area contributed by atoms with E-state index in [9.17, 15) is 5.11 Å². The minimum Gasteiger partial charge on any atom is -0.508 e. The van der Waals surface area contributed by atoms with E-state index in [0.29, 0.717) is 5.75 Å². The van der Waals surface area contributed by atoms with Gasteiger partial charge in [-0.1, -0.05) is 34.9 Å². The zero-order valence-electron chi connectivity index (χ0n) is 19.4. The number of rotatable bonds is 9. The van der Waals surface area contributed by atoms with Crippen LogP contribution in [0.4, 0.5) is 0 Å². The summed E-state index contributed by atoms with van der Waals surface area (Å²) in [6.45, 7) is 13.1. The maximum absolute atomic E-state index is 9.80. The molecule has 2 nitrogen and oxygen atoms in total. The van der Waals surface area contributed by atoms with Gasteiger partial charge in [-0.15, -0.1) is 0 Å². The van der Waals surface area contributed by atoms with E-state index >= 15 is 0 Å². The number of phenolic OH excluding ortho intramolecular Hbond substituents is 1. The van der Waals surface area contributed by atoms with Crippen molar-refractivity contribution >= 4 is 0 Å². The zero-order valence-corrected chi connectivity index (χ0v) is 19.4. The van der Waals surface area contributed by atoms with Crippen molar-refractivity contribution in [3.8, 4) is 11.5 Å². The summed E-state index contributed by atoms with van der Waals surface area (Å²) in [7, 11) is 0. The summed E-state index contributed by atoms with van der Waals surface area (Å²) in [5.41, 5.74) is 6.43. The van der Waals surface area contributed by atoms with Crippen LogP contribution in [-0.4, -0.2) is 10.7 Å². The van der Waals surface area contributed by atoms with Gasteiger partial charge in [0.05, 0.1) is 0 Å². The summed E-state index contributed by atoms with van der Waals surface area (Å²) >= 11 is 0. The highest BCUT2D eigenvalue weighted by atomic mass is 16.5. The van der Waals surface area contributed by atoms with E-state index in [1.165, 1.54) is 23.1 Å². The van der Waals surface area contributed by atoms with Crippen LogP contribution in [0.15, 0.2) is 47.1 Å². The molecular weight excluding hydrogens is 356 g/mol. The molecule has 1 N–H and O–H groups in total. The first-order chi connectivity index (χ1) is 13.7. The molecule has 160 valence electrons. The largest absolute Gasteiger partial charge is 0.508 e. The molecule has 0 unspecified atom stereocenters. The maximum Gasteiger partial charge on any atom is 0.126 e. The van der Waals surface area contributed by atoms with Crippen molar-refractivity contribution in [1.29, 1.82) is 0 Å². The Labute approximate surface area is 178 Å². The quantitative estimate of drug-likeness (QED) is 0.429. The third-order valence-electron chi connectivity index (χ3n) is 5.90. The minimum atomic E-state index is -0.118. The predicted octanol–water partition coefficient (Wildman–Crippen LogP) is 7.98. The number of ether oxygens (including phenoxy) is 1. The van der Waals surface area contributed by atoms with Gasteiger partial charge < -0.3 is 9.84 Å². The molecule has 1 heterocycles. The van der Waals surface area contributed by atoms with Crippen molar-refractivity contribution in [1.82, 2.24) is 0 Å². The second kappa shape index (κ2) is 10.7. The van der Waals surface area contributed by atoms with Gasteiger partial charge in [0.1, 0.15) is 17.1 Å². The van der Waals surface area contributed by atoms with Crippen LogP contribution in [0, 0.1) is 6.92 Å². The van der Waals surface area contributed by atoms with Crippen molar-refractivity contribution in [2.45, 2.75) is 98.5 Å². The third kappa shape index (κ3) is 7.76. The third-order valence-corrected chi connectivity index (χ3v) is 5.90. The van der Waals surface area contributed by atoms with Crippen molar-refractivity contribution < 1.29 is 9.84 Å². The molecule has 0 radical (unpaired) electrons. The van der Waals surface area contributed by atoms with E-state index in [0.717, 1.165) is 61.8 Å². The Hall–Kier alpha value is -1.96. The summed E-state index contributed by atoms with van der Waals surface area (Å²) in [6.07, 6.45) is 15.8. The van der Waals surface area contributed by atoms with E-state index in [1.807, 2.05) is 13.0 Å². The van der Waals surface area contributed by atoms with E-state index in [2.05, 4.69) is 52.8 Å². The molecule has 29 heavy (non-hydrogen) atoms. The first kappa shape index (κ1) is 23.3. The SMILES string of the molecule is CC(C)=CCC/C(C)=C\CC/C(C)=C\CC[C@]1(C)CCc2cc(O)cc(C)c2O1. The molecule has 1 aliphatic heterocycles. The fourth-order valence-electron chi connectivity index (χ4n) is 3.99. The van der Waals surface area contributed by atoms with Gasteiger partial charge in [0.25, 0.3) is 0 Å². The summed E-state index contributed by atoms with van der Waals surface area (Å²) < 4.78 is 6.40. The molecular formula is C27H40O2. The molecule has 1 aromatic rings. The summed E-state index contributed by atoms with van der Waals surface area (Å²) in [5.74, 6) is 1.32. The van der Waals surface area contributed by atoms with Gasteiger partial charge >= 0.3 is 0 Å². The molecule has 2 heteroatoms. The zero-order chi connectivity index (χ0) is 21.4. The van der Waals surface area contributed by atoms with Crippen LogP contribution in [0.1, 0.15) is 90.7 Å². The lowest BCUT2D eigenvalue weighted by atomic mass is 9.87. The standard InChI is InChI=1S/C27H40O2/c1-20(2)10-7-11-21(3)12-8-13-22(4)14-9-16-27(6)17-15-24-19-25(28)18-23(5)26(24)29-27/h10,12,14,18-19,28H,7-9,11,13,15-17H2,1-6H3/b21-12-,22-14-/t27-/m1/s1. The van der Waals surface area contributed by atoms with E-state index in [1.54, 1.807) is 6.07 Å². The molecule has 0 saturated heterocycles. The van der Waals surface area contributed by atoms with Crippen LogP contribution < -0.4 is 4.74 Å². The van der Waals surface area contributed by atoms with Crippen LogP contribution in [0.3, 0.4) is 0 Å². The van der Waals surface area contributed by atoms with Crippen molar-refractivity contribution in [2.75, 3.05) is 0 Å². The number of benzene rings is 1. The number of aryl methyl sites for hydroxylation is 2. The van der Waals surface area contributed by atoms with Crippen molar-refractivity contribution in [3.63, 3.8) is 0 Å². The number of allylic oxidation sites excluding steroid dienone is 6. The smallest absolute Gasteiger partial charge is 0.126 e. The van der Waals surface area contributed by atoms with Gasteiger partial charge in [0.15, 0.2) is 0 Å². The number of fused-ring (bicyclic) bond motifs is 1.